The van der Waals surface area contributed by atoms with Crippen molar-refractivity contribution in [1.82, 2.24) is 0 Å². The van der Waals surface area contributed by atoms with Crippen molar-refractivity contribution in [2.24, 2.45) is 0 Å². The molecule has 0 atom stereocenters. The van der Waals surface area contributed by atoms with Crippen LogP contribution in [0.3, 0.4) is 0 Å². The van der Waals surface area contributed by atoms with Crippen molar-refractivity contribution in [3.63, 3.8) is 0 Å². The fourth-order valence-electron chi connectivity index (χ4n) is 1.23. The summed E-state index contributed by atoms with van der Waals surface area (Å²) in [6.07, 6.45) is 3.20. The van der Waals surface area contributed by atoms with Crippen LogP contribution in [0.1, 0.15) is 26.3 Å². The number of diazo groups is 1. The van der Waals surface area contributed by atoms with Gasteiger partial charge in [-0.05, 0) is 32.4 Å². The molecule has 94 valence electrons. The molecule has 18 heavy (non-hydrogen) atoms. The zero-order chi connectivity index (χ0) is 13.6. The Morgan fingerprint density at radius 3 is 2.39 bits per heavy atom. The van der Waals surface area contributed by atoms with E-state index in [2.05, 4.69) is 4.98 Å². The van der Waals surface area contributed by atoms with Gasteiger partial charge in [0, 0.05) is 6.08 Å². The molecule has 0 aliphatic rings. The Morgan fingerprint density at radius 1 is 1.28 bits per heavy atom. The molecule has 1 N–H and O–H groups in total. The lowest BCUT2D eigenvalue weighted by Gasteiger charge is -2.18. The summed E-state index contributed by atoms with van der Waals surface area (Å²) in [7, 11) is 0. The Morgan fingerprint density at radius 2 is 1.89 bits per heavy atom. The van der Waals surface area contributed by atoms with Gasteiger partial charge < -0.3 is 9.84 Å². The van der Waals surface area contributed by atoms with Crippen molar-refractivity contribution in [1.29, 1.82) is 5.39 Å². The van der Waals surface area contributed by atoms with Crippen LogP contribution >= 0.6 is 0 Å². The van der Waals surface area contributed by atoms with Crippen LogP contribution in [-0.2, 0) is 4.74 Å². The molecule has 4 heteroatoms. The first-order chi connectivity index (χ1) is 8.42. The highest BCUT2D eigenvalue weighted by Crippen LogP contribution is 2.17. The van der Waals surface area contributed by atoms with E-state index in [0.717, 1.165) is 5.56 Å². The number of aliphatic hydroxyl groups excluding tert-OH is 1. The van der Waals surface area contributed by atoms with Crippen molar-refractivity contribution in [3.05, 3.63) is 58.6 Å². The molecule has 0 saturated heterocycles. The zero-order valence-corrected chi connectivity index (χ0v) is 10.8. The first-order valence-corrected chi connectivity index (χ1v) is 5.63. The van der Waals surface area contributed by atoms with E-state index in [9.17, 15) is 5.11 Å². The highest BCUT2D eigenvalue weighted by Gasteiger charge is 2.22. The van der Waals surface area contributed by atoms with Gasteiger partial charge in [0.05, 0.1) is 0 Å². The number of rotatable bonds is 3. The molecular formula is C14H17N2O2+. The molecule has 1 rings (SSSR count). The average Bonchev–Trinajstić information content (AvgIpc) is 2.29. The molecule has 0 radical (unpaired) electrons. The standard InChI is InChI=1S/C14H16N2O2/c1-14(2,3)18-13(17)12(16-15)10-9-11-7-5-4-6-8-11/h4-10H,1-3H3/p+1/b10-9+,13-12-. The normalized spacial score (nSPS) is 13.0. The largest absolute Gasteiger partial charge is 0.475 e. The van der Waals surface area contributed by atoms with E-state index in [1.165, 1.54) is 6.08 Å². The molecule has 1 aromatic rings. The summed E-state index contributed by atoms with van der Waals surface area (Å²) in [6, 6.07) is 9.49. The molecule has 4 nitrogen and oxygen atoms in total. The predicted octanol–water partition coefficient (Wildman–Crippen LogP) is 4.10. The molecule has 0 unspecified atom stereocenters. The zero-order valence-electron chi connectivity index (χ0n) is 10.8. The average molecular weight is 245 g/mol. The van der Waals surface area contributed by atoms with Crippen molar-refractivity contribution < 1.29 is 9.84 Å². The predicted molar refractivity (Wildman–Crippen MR) is 71.1 cm³/mol. The molecule has 0 bridgehead atoms. The molecule has 0 aromatic heterocycles. The fraction of sp³-hybridized carbons (Fsp3) is 0.286. The second kappa shape index (κ2) is 5.87. The monoisotopic (exact) mass is 245 g/mol. The Hall–Kier alpha value is -2.28. The van der Waals surface area contributed by atoms with Gasteiger partial charge in [0.15, 0.2) is 4.98 Å². The molecule has 1 aromatic carbocycles. The summed E-state index contributed by atoms with van der Waals surface area (Å²) < 4.78 is 5.21. The maximum Gasteiger partial charge on any atom is 0.464 e. The summed E-state index contributed by atoms with van der Waals surface area (Å²) in [5.41, 5.74) is 0.358. The minimum Gasteiger partial charge on any atom is -0.475 e. The van der Waals surface area contributed by atoms with E-state index in [4.69, 9.17) is 10.1 Å². The maximum atomic E-state index is 9.67. The van der Waals surface area contributed by atoms with Gasteiger partial charge in [-0.15, -0.1) is 0 Å². The molecule has 0 heterocycles. The summed E-state index contributed by atoms with van der Waals surface area (Å²) in [6.45, 7) is 5.37. The summed E-state index contributed by atoms with van der Waals surface area (Å²) >= 11 is 0. The van der Waals surface area contributed by atoms with Crippen molar-refractivity contribution in [2.45, 2.75) is 26.4 Å². The molecule has 0 spiro atoms. The van der Waals surface area contributed by atoms with Gasteiger partial charge in [-0.25, -0.2) is 0 Å². The molecule has 0 amide bonds. The molecular weight excluding hydrogens is 228 g/mol. The number of ether oxygens (including phenoxy) is 1. The Balaban J connectivity index is 2.89. The SMILES string of the molecule is CC(C)(C)O/C(O)=C(/C=C/c1ccccc1)[N+]#N. The van der Waals surface area contributed by atoms with Crippen LogP contribution in [0.15, 0.2) is 48.1 Å². The second-order valence-electron chi connectivity index (χ2n) is 4.75. The van der Waals surface area contributed by atoms with E-state index >= 15 is 0 Å². The van der Waals surface area contributed by atoms with Gasteiger partial charge in [-0.2, -0.15) is 0 Å². The smallest absolute Gasteiger partial charge is 0.464 e. The van der Waals surface area contributed by atoms with Crippen molar-refractivity contribution in [3.8, 4) is 0 Å². The summed E-state index contributed by atoms with van der Waals surface area (Å²) in [5, 5.41) is 18.5. The van der Waals surface area contributed by atoms with Crippen LogP contribution in [0.25, 0.3) is 11.1 Å². The van der Waals surface area contributed by atoms with Gasteiger partial charge in [-0.1, -0.05) is 30.3 Å². The number of benzene rings is 1. The second-order valence-corrected chi connectivity index (χ2v) is 4.75. The Labute approximate surface area is 107 Å². The van der Waals surface area contributed by atoms with E-state index in [1.54, 1.807) is 26.8 Å². The summed E-state index contributed by atoms with van der Waals surface area (Å²) in [5.74, 6) is -0.405. The number of nitrogens with zero attached hydrogens (tertiary/aromatic N) is 2. The van der Waals surface area contributed by atoms with Gasteiger partial charge >= 0.3 is 11.6 Å². The number of allylic oxidation sites excluding steroid dienone is 1. The lowest BCUT2D eigenvalue weighted by molar-refractivity contribution is -0.0159. The highest BCUT2D eigenvalue weighted by molar-refractivity contribution is 5.53. The van der Waals surface area contributed by atoms with Crippen LogP contribution in [0.5, 0.6) is 0 Å². The number of hydrogen-bond donors (Lipinski definition) is 1. The number of aliphatic hydroxyl groups is 1. The van der Waals surface area contributed by atoms with Crippen LogP contribution in [0.2, 0.25) is 0 Å². The van der Waals surface area contributed by atoms with Crippen molar-refractivity contribution in [2.75, 3.05) is 0 Å². The number of hydrogen-bond acceptors (Lipinski definition) is 3. The fourth-order valence-corrected chi connectivity index (χ4v) is 1.23. The van der Waals surface area contributed by atoms with Crippen LogP contribution in [0.4, 0.5) is 0 Å². The van der Waals surface area contributed by atoms with Crippen LogP contribution in [0, 0.1) is 5.39 Å². The summed E-state index contributed by atoms with van der Waals surface area (Å²) in [4.78, 5) is 3.01. The first-order valence-electron chi connectivity index (χ1n) is 5.63. The topological polar surface area (TPSA) is 57.6 Å². The third-order valence-corrected chi connectivity index (χ3v) is 1.96. The van der Waals surface area contributed by atoms with E-state index in [-0.39, 0.29) is 5.70 Å². The Bertz CT molecular complexity index is 491. The third kappa shape index (κ3) is 4.71. The molecule has 0 aliphatic carbocycles. The minimum absolute atomic E-state index is 0.0196. The molecule has 0 fully saturated rings. The van der Waals surface area contributed by atoms with E-state index in [1.807, 2.05) is 30.3 Å². The third-order valence-electron chi connectivity index (χ3n) is 1.96. The van der Waals surface area contributed by atoms with Gasteiger partial charge in [0.2, 0.25) is 5.39 Å². The van der Waals surface area contributed by atoms with Gasteiger partial charge in [0.1, 0.15) is 5.60 Å². The Kier molecular flexibility index (Phi) is 4.50. The van der Waals surface area contributed by atoms with Crippen LogP contribution < -0.4 is 0 Å². The quantitative estimate of drug-likeness (QED) is 0.495. The lowest BCUT2D eigenvalue weighted by Crippen LogP contribution is -2.19. The first kappa shape index (κ1) is 13.8. The lowest BCUT2D eigenvalue weighted by atomic mass is 10.2. The molecule has 0 aliphatic heterocycles. The van der Waals surface area contributed by atoms with Crippen molar-refractivity contribution >= 4 is 6.08 Å². The van der Waals surface area contributed by atoms with Gasteiger partial charge in [-0.3, -0.25) is 0 Å². The maximum absolute atomic E-state index is 9.67. The molecule has 0 saturated carbocycles. The van der Waals surface area contributed by atoms with E-state index in [0.29, 0.717) is 0 Å². The van der Waals surface area contributed by atoms with Crippen LogP contribution in [-0.4, -0.2) is 10.7 Å². The van der Waals surface area contributed by atoms with E-state index < -0.39 is 11.5 Å². The minimum atomic E-state index is -0.555. The highest BCUT2D eigenvalue weighted by atomic mass is 16.6. The van der Waals surface area contributed by atoms with Gasteiger partial charge in [0.25, 0.3) is 0 Å².